The first kappa shape index (κ1) is 18.5. The van der Waals surface area contributed by atoms with E-state index in [1.54, 1.807) is 12.1 Å². The fraction of sp³-hybridized carbons (Fsp3) is 0.263. The number of nitrogens with zero attached hydrogens (tertiary/aromatic N) is 3. The van der Waals surface area contributed by atoms with Crippen LogP contribution in [0.15, 0.2) is 34.0 Å². The highest BCUT2D eigenvalue weighted by molar-refractivity contribution is 6.05. The minimum atomic E-state index is -0.493. The van der Waals surface area contributed by atoms with E-state index in [0.717, 1.165) is 4.57 Å². The molecule has 0 spiro atoms. The van der Waals surface area contributed by atoms with Crippen molar-refractivity contribution in [1.82, 2.24) is 14.1 Å². The molecule has 1 amide bonds. The zero-order valence-corrected chi connectivity index (χ0v) is 16.0. The third-order valence-electron chi connectivity index (χ3n) is 4.64. The van der Waals surface area contributed by atoms with Crippen molar-refractivity contribution in [2.45, 2.75) is 0 Å². The van der Waals surface area contributed by atoms with Crippen LogP contribution in [0.5, 0.6) is 17.2 Å². The topological polar surface area (TPSA) is 114 Å². The second-order valence-corrected chi connectivity index (χ2v) is 6.46. The van der Waals surface area contributed by atoms with Crippen LogP contribution >= 0.6 is 0 Å². The molecule has 10 heteroatoms. The lowest BCUT2D eigenvalue weighted by atomic mass is 10.1. The van der Waals surface area contributed by atoms with E-state index in [2.05, 4.69) is 10.3 Å². The molecule has 1 N–H and O–H groups in total. The Balaban J connectivity index is 1.71. The van der Waals surface area contributed by atoms with Crippen molar-refractivity contribution in [3.63, 3.8) is 0 Å². The van der Waals surface area contributed by atoms with Crippen LogP contribution in [0.3, 0.4) is 0 Å². The third kappa shape index (κ3) is 3.08. The average molecular weight is 398 g/mol. The summed E-state index contributed by atoms with van der Waals surface area (Å²) in [6, 6.07) is 4.58. The lowest BCUT2D eigenvalue weighted by Gasteiger charge is -2.21. The van der Waals surface area contributed by atoms with Gasteiger partial charge in [-0.15, -0.1) is 0 Å². The maximum absolute atomic E-state index is 12.7. The first-order valence-corrected chi connectivity index (χ1v) is 8.75. The number of hydrogen-bond donors (Lipinski definition) is 1. The number of carbonyl (C=O) groups is 1. The van der Waals surface area contributed by atoms with E-state index in [9.17, 15) is 14.4 Å². The number of nitrogens with one attached hydrogen (secondary N) is 1. The summed E-state index contributed by atoms with van der Waals surface area (Å²) >= 11 is 0. The smallest absolute Gasteiger partial charge is 0.332 e. The van der Waals surface area contributed by atoms with Gasteiger partial charge in [-0.3, -0.25) is 18.7 Å². The number of rotatable bonds is 3. The minimum absolute atomic E-state index is 0.215. The highest BCUT2D eigenvalue weighted by atomic mass is 16.6. The van der Waals surface area contributed by atoms with Crippen molar-refractivity contribution in [1.29, 1.82) is 0 Å². The summed E-state index contributed by atoms with van der Waals surface area (Å²) in [6.07, 6.45) is 1.38. The van der Waals surface area contributed by atoms with Gasteiger partial charge in [-0.05, 0) is 18.2 Å². The molecule has 4 rings (SSSR count). The molecule has 0 atom stereocenters. The Hall–Kier alpha value is -3.82. The first-order valence-electron chi connectivity index (χ1n) is 8.75. The number of benzene rings is 1. The standard InChI is InChI=1S/C19H18N4O6/c1-22-16-12(18(25)23(2)19(22)26)8-11(9-20-16)21-17(24)10-6-13(27-3)15-14(7-10)28-4-5-29-15/h6-9H,4-5H2,1-3H3,(H,21,24). The van der Waals surface area contributed by atoms with Crippen LogP contribution in [0.2, 0.25) is 0 Å². The van der Waals surface area contributed by atoms with Crippen LogP contribution in [-0.2, 0) is 14.1 Å². The second kappa shape index (κ2) is 6.97. The SMILES string of the molecule is COc1cc(C(=O)Nc2cnc3c(c2)c(=O)n(C)c(=O)n3C)cc2c1OCCO2. The van der Waals surface area contributed by atoms with Crippen LogP contribution in [0.4, 0.5) is 5.69 Å². The predicted octanol–water partition coefficient (Wildman–Crippen LogP) is 0.664. The Kier molecular flexibility index (Phi) is 4.45. The van der Waals surface area contributed by atoms with Gasteiger partial charge in [0.05, 0.1) is 24.4 Å². The Morgan fingerprint density at radius 3 is 2.66 bits per heavy atom. The number of fused-ring (bicyclic) bond motifs is 2. The van der Waals surface area contributed by atoms with E-state index >= 15 is 0 Å². The predicted molar refractivity (Wildman–Crippen MR) is 104 cm³/mol. The number of aromatic nitrogens is 3. The normalized spacial score (nSPS) is 12.7. The maximum Gasteiger partial charge on any atom is 0.332 e. The molecule has 2 aromatic heterocycles. The molecule has 0 unspecified atom stereocenters. The molecule has 3 heterocycles. The molecule has 1 aliphatic heterocycles. The van der Waals surface area contributed by atoms with Gasteiger partial charge in [0.25, 0.3) is 11.5 Å². The number of pyridine rings is 1. The van der Waals surface area contributed by atoms with Crippen molar-refractivity contribution >= 4 is 22.6 Å². The van der Waals surface area contributed by atoms with E-state index in [4.69, 9.17) is 14.2 Å². The summed E-state index contributed by atoms with van der Waals surface area (Å²) in [7, 11) is 4.39. The number of anilines is 1. The summed E-state index contributed by atoms with van der Waals surface area (Å²) in [5, 5.41) is 2.92. The molecule has 3 aromatic rings. The molecule has 1 aromatic carbocycles. The van der Waals surface area contributed by atoms with Gasteiger partial charge < -0.3 is 19.5 Å². The maximum atomic E-state index is 12.7. The largest absolute Gasteiger partial charge is 0.493 e. The summed E-state index contributed by atoms with van der Waals surface area (Å²) in [5.74, 6) is 0.810. The molecule has 150 valence electrons. The fourth-order valence-corrected chi connectivity index (χ4v) is 3.14. The Bertz CT molecular complexity index is 1240. The number of carbonyl (C=O) groups excluding carboxylic acids is 1. The molecule has 29 heavy (non-hydrogen) atoms. The van der Waals surface area contributed by atoms with Gasteiger partial charge in [0, 0.05) is 19.7 Å². The molecule has 0 fully saturated rings. The van der Waals surface area contributed by atoms with Crippen molar-refractivity contribution in [3.8, 4) is 17.2 Å². The Labute approximate surface area is 164 Å². The van der Waals surface area contributed by atoms with Crippen LogP contribution in [0.25, 0.3) is 11.0 Å². The third-order valence-corrected chi connectivity index (χ3v) is 4.64. The van der Waals surface area contributed by atoms with Crippen molar-refractivity contribution in [2.75, 3.05) is 25.6 Å². The number of methoxy groups -OCH3 is 1. The first-order chi connectivity index (χ1) is 13.9. The number of hydrogen-bond acceptors (Lipinski definition) is 7. The quantitative estimate of drug-likeness (QED) is 0.690. The summed E-state index contributed by atoms with van der Waals surface area (Å²) < 4.78 is 18.6. The van der Waals surface area contributed by atoms with E-state index in [1.165, 1.54) is 38.0 Å². The van der Waals surface area contributed by atoms with Gasteiger partial charge in [-0.2, -0.15) is 0 Å². The molecule has 1 aliphatic rings. The summed E-state index contributed by atoms with van der Waals surface area (Å²) in [5.41, 5.74) is -0.133. The van der Waals surface area contributed by atoms with Gasteiger partial charge in [0.15, 0.2) is 11.5 Å². The van der Waals surface area contributed by atoms with Crippen LogP contribution in [0, 0.1) is 0 Å². The molecule has 0 aliphatic carbocycles. The lowest BCUT2D eigenvalue weighted by molar-refractivity contribution is 0.102. The zero-order valence-electron chi connectivity index (χ0n) is 16.0. The molecule has 0 bridgehead atoms. The fourth-order valence-electron chi connectivity index (χ4n) is 3.14. The second-order valence-electron chi connectivity index (χ2n) is 6.46. The number of aryl methyl sites for hydroxylation is 1. The molecular weight excluding hydrogens is 380 g/mol. The van der Waals surface area contributed by atoms with Gasteiger partial charge in [0.1, 0.15) is 18.9 Å². The van der Waals surface area contributed by atoms with Crippen molar-refractivity contribution in [3.05, 3.63) is 50.8 Å². The average Bonchev–Trinajstić information content (AvgIpc) is 2.75. The van der Waals surface area contributed by atoms with Crippen LogP contribution in [0.1, 0.15) is 10.4 Å². The molecule has 0 saturated carbocycles. The Morgan fingerprint density at radius 1 is 1.14 bits per heavy atom. The molecule has 10 nitrogen and oxygen atoms in total. The summed E-state index contributed by atoms with van der Waals surface area (Å²) in [6.45, 7) is 0.771. The van der Waals surface area contributed by atoms with Crippen LogP contribution in [-0.4, -0.2) is 40.3 Å². The van der Waals surface area contributed by atoms with E-state index in [0.29, 0.717) is 41.7 Å². The molecule has 0 saturated heterocycles. The lowest BCUT2D eigenvalue weighted by Crippen LogP contribution is -2.37. The van der Waals surface area contributed by atoms with Gasteiger partial charge >= 0.3 is 5.69 Å². The van der Waals surface area contributed by atoms with Gasteiger partial charge in [0.2, 0.25) is 5.75 Å². The number of ether oxygens (including phenoxy) is 3. The molecule has 0 radical (unpaired) electrons. The highest BCUT2D eigenvalue weighted by Gasteiger charge is 2.21. The molecular formula is C19H18N4O6. The number of amides is 1. The van der Waals surface area contributed by atoms with Crippen molar-refractivity contribution in [2.24, 2.45) is 14.1 Å². The highest BCUT2D eigenvalue weighted by Crippen LogP contribution is 2.40. The van der Waals surface area contributed by atoms with E-state index in [1.807, 2.05) is 0 Å². The van der Waals surface area contributed by atoms with Gasteiger partial charge in [-0.25, -0.2) is 9.78 Å². The van der Waals surface area contributed by atoms with E-state index in [-0.39, 0.29) is 11.0 Å². The van der Waals surface area contributed by atoms with Crippen molar-refractivity contribution < 1.29 is 19.0 Å². The Morgan fingerprint density at radius 2 is 1.90 bits per heavy atom. The minimum Gasteiger partial charge on any atom is -0.493 e. The van der Waals surface area contributed by atoms with E-state index < -0.39 is 17.2 Å². The zero-order chi connectivity index (χ0) is 20.7. The summed E-state index contributed by atoms with van der Waals surface area (Å²) in [4.78, 5) is 41.3. The van der Waals surface area contributed by atoms with Gasteiger partial charge in [-0.1, -0.05) is 0 Å². The monoisotopic (exact) mass is 398 g/mol. The van der Waals surface area contributed by atoms with Crippen LogP contribution < -0.4 is 30.8 Å².